The van der Waals surface area contributed by atoms with Gasteiger partial charge in [0.25, 0.3) is 0 Å². The second-order valence-corrected chi connectivity index (χ2v) is 2.70. The molecular weight excluding hydrogens is 192 g/mol. The first-order chi connectivity index (χ1) is 5.07. The van der Waals surface area contributed by atoms with E-state index in [9.17, 15) is 9.00 Å². The Bertz CT molecular complexity index is 159. The molecule has 0 radical (unpaired) electrons. The van der Waals surface area contributed by atoms with Gasteiger partial charge in [-0.15, -0.1) is 0 Å². The maximum absolute atomic E-state index is 10.5. The Morgan fingerprint density at radius 3 is 2.64 bits per heavy atom. The molecule has 5 nitrogen and oxygen atoms in total. The monoisotopic (exact) mass is 200 g/mol. The van der Waals surface area contributed by atoms with Gasteiger partial charge in [0.15, 0.2) is 6.10 Å². The molecule has 0 aromatic heterocycles. The van der Waals surface area contributed by atoms with E-state index in [-0.39, 0.29) is 6.42 Å². The Morgan fingerprint density at radius 2 is 2.27 bits per heavy atom. The molecule has 0 aromatic carbocycles. The van der Waals surface area contributed by atoms with Crippen molar-refractivity contribution in [1.29, 1.82) is 0 Å². The van der Waals surface area contributed by atoms with Crippen LogP contribution >= 0.6 is 12.6 Å². The minimum absolute atomic E-state index is 0.0964. The fourth-order valence-electron chi connectivity index (χ4n) is 0.366. The number of carbonyl (C=O) groups excluding carboxylic acids is 1. The van der Waals surface area contributed by atoms with Gasteiger partial charge in [0.2, 0.25) is 0 Å². The molecule has 0 aliphatic carbocycles. The molecule has 2 atom stereocenters. The van der Waals surface area contributed by atoms with Crippen LogP contribution in [0.3, 0.4) is 0 Å². The SMILES string of the molecule is O=C(OS(=O)O)C(O)CCS. The van der Waals surface area contributed by atoms with Crippen LogP contribution in [0.4, 0.5) is 0 Å². The third kappa shape index (κ3) is 5.19. The second-order valence-electron chi connectivity index (χ2n) is 1.65. The van der Waals surface area contributed by atoms with Crippen molar-refractivity contribution < 1.29 is 22.8 Å². The molecule has 11 heavy (non-hydrogen) atoms. The molecule has 7 heteroatoms. The number of aliphatic hydroxyl groups is 1. The molecule has 0 heterocycles. The number of aliphatic hydroxyl groups excluding tert-OH is 1. The lowest BCUT2D eigenvalue weighted by molar-refractivity contribution is -0.143. The summed E-state index contributed by atoms with van der Waals surface area (Å²) in [6.07, 6.45) is -1.28. The molecule has 0 saturated heterocycles. The van der Waals surface area contributed by atoms with Crippen LogP contribution in [0.5, 0.6) is 0 Å². The Labute approximate surface area is 71.6 Å². The zero-order valence-electron chi connectivity index (χ0n) is 5.47. The third-order valence-electron chi connectivity index (χ3n) is 0.828. The van der Waals surface area contributed by atoms with E-state index in [0.717, 1.165) is 0 Å². The Kier molecular flexibility index (Phi) is 5.47. The van der Waals surface area contributed by atoms with Crippen molar-refractivity contribution in [1.82, 2.24) is 0 Å². The third-order valence-corrected chi connectivity index (χ3v) is 1.39. The molecule has 2 N–H and O–H groups in total. The summed E-state index contributed by atoms with van der Waals surface area (Å²) >= 11 is 1.08. The number of thiol groups is 1. The highest BCUT2D eigenvalue weighted by atomic mass is 32.2. The molecule has 0 bridgehead atoms. The van der Waals surface area contributed by atoms with Crippen LogP contribution in [0.15, 0.2) is 0 Å². The molecule has 66 valence electrons. The molecule has 0 spiro atoms. The van der Waals surface area contributed by atoms with Crippen LogP contribution in [0, 0.1) is 0 Å². The highest BCUT2D eigenvalue weighted by Crippen LogP contribution is 1.97. The van der Waals surface area contributed by atoms with E-state index in [1.165, 1.54) is 0 Å². The average Bonchev–Trinajstić information content (AvgIpc) is 1.86. The van der Waals surface area contributed by atoms with Crippen LogP contribution in [0.25, 0.3) is 0 Å². The van der Waals surface area contributed by atoms with Crippen LogP contribution < -0.4 is 0 Å². The zero-order chi connectivity index (χ0) is 8.85. The molecular formula is C4H8O5S2. The summed E-state index contributed by atoms with van der Waals surface area (Å²) in [6, 6.07) is 0. The number of hydrogen-bond acceptors (Lipinski definition) is 5. The van der Waals surface area contributed by atoms with E-state index in [2.05, 4.69) is 16.8 Å². The van der Waals surface area contributed by atoms with Crippen molar-refractivity contribution in [2.24, 2.45) is 0 Å². The summed E-state index contributed by atoms with van der Waals surface area (Å²) in [5, 5.41) is 8.80. The van der Waals surface area contributed by atoms with Gasteiger partial charge in [0.1, 0.15) is 0 Å². The summed E-state index contributed by atoms with van der Waals surface area (Å²) in [4.78, 5) is 10.5. The number of carbonyl (C=O) groups is 1. The number of hydrogen-bond donors (Lipinski definition) is 3. The van der Waals surface area contributed by atoms with Crippen molar-refractivity contribution in [2.45, 2.75) is 12.5 Å². The van der Waals surface area contributed by atoms with E-state index in [4.69, 9.17) is 9.66 Å². The summed E-state index contributed by atoms with van der Waals surface area (Å²) in [5.74, 6) is -0.811. The fraction of sp³-hybridized carbons (Fsp3) is 0.750. The van der Waals surface area contributed by atoms with Crippen LogP contribution in [-0.4, -0.2) is 31.7 Å². The van der Waals surface area contributed by atoms with Gasteiger partial charge < -0.3 is 9.29 Å². The molecule has 0 amide bonds. The van der Waals surface area contributed by atoms with Crippen LogP contribution in [0.1, 0.15) is 6.42 Å². The predicted octanol–water partition coefficient (Wildman–Crippen LogP) is -0.653. The Morgan fingerprint density at radius 1 is 1.73 bits per heavy atom. The topological polar surface area (TPSA) is 83.8 Å². The van der Waals surface area contributed by atoms with Crippen molar-refractivity contribution in [2.75, 3.05) is 5.75 Å². The van der Waals surface area contributed by atoms with Gasteiger partial charge in [-0.2, -0.15) is 16.8 Å². The van der Waals surface area contributed by atoms with Gasteiger partial charge in [0.05, 0.1) is 0 Å². The van der Waals surface area contributed by atoms with E-state index < -0.39 is 23.4 Å². The van der Waals surface area contributed by atoms with Gasteiger partial charge in [-0.1, -0.05) is 0 Å². The summed E-state index contributed by atoms with van der Waals surface area (Å²) in [7, 11) is 0. The first-order valence-corrected chi connectivity index (χ1v) is 4.36. The normalized spacial score (nSPS) is 15.5. The second kappa shape index (κ2) is 5.53. The first kappa shape index (κ1) is 10.9. The molecule has 0 aliphatic rings. The molecule has 0 aromatic rings. The summed E-state index contributed by atoms with van der Waals surface area (Å²) in [5.41, 5.74) is 0. The Hall–Kier alpha value is -0.110. The average molecular weight is 200 g/mol. The molecule has 0 aliphatic heterocycles. The molecule has 0 rings (SSSR count). The standard InChI is InChI=1S/C4H8O5S2/c5-3(1-2-10)4(6)9-11(7)8/h3,5,10H,1-2H2,(H,7,8). The maximum Gasteiger partial charge on any atom is 0.360 e. The predicted molar refractivity (Wildman–Crippen MR) is 41.3 cm³/mol. The van der Waals surface area contributed by atoms with Gasteiger partial charge in [-0.25, -0.2) is 4.79 Å². The van der Waals surface area contributed by atoms with Gasteiger partial charge in [-0.3, -0.25) is 4.55 Å². The van der Waals surface area contributed by atoms with Gasteiger partial charge in [-0.05, 0) is 12.2 Å². The lowest BCUT2D eigenvalue weighted by atomic mass is 10.3. The maximum atomic E-state index is 10.5. The lowest BCUT2D eigenvalue weighted by Crippen LogP contribution is -2.24. The fourth-order valence-corrected chi connectivity index (χ4v) is 0.862. The molecule has 2 unspecified atom stereocenters. The van der Waals surface area contributed by atoms with Crippen molar-refractivity contribution in [3.63, 3.8) is 0 Å². The minimum Gasteiger partial charge on any atom is -0.381 e. The van der Waals surface area contributed by atoms with E-state index in [1.54, 1.807) is 0 Å². The highest BCUT2D eigenvalue weighted by molar-refractivity contribution is 7.80. The quantitative estimate of drug-likeness (QED) is 0.415. The Balaban J connectivity index is 3.73. The smallest absolute Gasteiger partial charge is 0.360 e. The summed E-state index contributed by atoms with van der Waals surface area (Å²) in [6.45, 7) is 0. The summed E-state index contributed by atoms with van der Waals surface area (Å²) < 4.78 is 21.7. The number of rotatable bonds is 4. The highest BCUT2D eigenvalue weighted by Gasteiger charge is 2.17. The van der Waals surface area contributed by atoms with E-state index in [1.807, 2.05) is 0 Å². The van der Waals surface area contributed by atoms with E-state index >= 15 is 0 Å². The van der Waals surface area contributed by atoms with Crippen molar-refractivity contribution in [3.05, 3.63) is 0 Å². The first-order valence-electron chi connectivity index (χ1n) is 2.70. The van der Waals surface area contributed by atoms with Gasteiger partial charge >= 0.3 is 17.3 Å². The zero-order valence-corrected chi connectivity index (χ0v) is 7.18. The van der Waals surface area contributed by atoms with Crippen LogP contribution in [-0.2, 0) is 20.3 Å². The van der Waals surface area contributed by atoms with E-state index in [0.29, 0.717) is 5.75 Å². The molecule has 0 fully saturated rings. The minimum atomic E-state index is -2.65. The largest absolute Gasteiger partial charge is 0.381 e. The van der Waals surface area contributed by atoms with Crippen LogP contribution in [0.2, 0.25) is 0 Å². The van der Waals surface area contributed by atoms with Crippen molar-refractivity contribution >= 4 is 30.0 Å². The van der Waals surface area contributed by atoms with Crippen molar-refractivity contribution in [3.8, 4) is 0 Å². The lowest BCUT2D eigenvalue weighted by Gasteiger charge is -2.04. The van der Waals surface area contributed by atoms with Gasteiger partial charge in [0, 0.05) is 0 Å². The molecule has 0 saturated carbocycles.